The fourth-order valence-corrected chi connectivity index (χ4v) is 3.64. The molecule has 4 nitrogen and oxygen atoms in total. The third kappa shape index (κ3) is 3.26. The van der Waals surface area contributed by atoms with E-state index in [4.69, 9.17) is 4.74 Å². The van der Waals surface area contributed by atoms with Crippen molar-refractivity contribution in [2.45, 2.75) is 44.8 Å². The summed E-state index contributed by atoms with van der Waals surface area (Å²) in [5, 5.41) is 0. The molecule has 1 aliphatic heterocycles. The number of alkyl halides is 2. The largest absolute Gasteiger partial charge is 0.441 e. The Bertz CT molecular complexity index is 897. The van der Waals surface area contributed by atoms with E-state index in [0.717, 1.165) is 42.7 Å². The van der Waals surface area contributed by atoms with Gasteiger partial charge in [-0.05, 0) is 55.5 Å². The Morgan fingerprint density at radius 2 is 2.04 bits per heavy atom. The first kappa shape index (κ1) is 17.8. The highest BCUT2D eigenvalue weighted by atomic mass is 19.3. The van der Waals surface area contributed by atoms with E-state index in [-0.39, 0.29) is 11.7 Å². The van der Waals surface area contributed by atoms with Crippen LogP contribution < -0.4 is 0 Å². The van der Waals surface area contributed by atoms with Gasteiger partial charge in [0.1, 0.15) is 11.4 Å². The average Bonchev–Trinajstić information content (AvgIpc) is 2.94. The summed E-state index contributed by atoms with van der Waals surface area (Å²) in [5.41, 5.74) is 1.65. The predicted octanol–water partition coefficient (Wildman–Crippen LogP) is 5.01. The summed E-state index contributed by atoms with van der Waals surface area (Å²) < 4.78 is 45.0. The molecule has 1 saturated heterocycles. The summed E-state index contributed by atoms with van der Waals surface area (Å²) in [6, 6.07) is 5.44. The Hall–Kier alpha value is -2.57. The van der Waals surface area contributed by atoms with Crippen molar-refractivity contribution in [1.29, 1.82) is 0 Å². The molecule has 2 aliphatic rings. The van der Waals surface area contributed by atoms with Gasteiger partial charge in [-0.25, -0.2) is 18.0 Å². The van der Waals surface area contributed by atoms with Gasteiger partial charge in [-0.1, -0.05) is 6.07 Å². The third-order valence-corrected chi connectivity index (χ3v) is 5.42. The Balaban J connectivity index is 1.61. The number of halogens is 3. The van der Waals surface area contributed by atoms with E-state index >= 15 is 0 Å². The van der Waals surface area contributed by atoms with Crippen LogP contribution in [0, 0.1) is 12.7 Å². The van der Waals surface area contributed by atoms with E-state index in [9.17, 15) is 18.0 Å². The number of hydrogen-bond acceptors (Lipinski definition) is 3. The van der Waals surface area contributed by atoms with Crippen LogP contribution in [0.5, 0.6) is 0 Å². The summed E-state index contributed by atoms with van der Waals surface area (Å²) in [4.78, 5) is 18.2. The number of carbonyl (C=O) groups is 1. The minimum Gasteiger partial charge on any atom is -0.441 e. The number of amides is 1. The molecule has 27 heavy (non-hydrogen) atoms. The van der Waals surface area contributed by atoms with E-state index in [1.807, 2.05) is 13.0 Å². The van der Waals surface area contributed by atoms with Crippen LogP contribution in [0.3, 0.4) is 0 Å². The van der Waals surface area contributed by atoms with Gasteiger partial charge in [0.2, 0.25) is 0 Å². The molecule has 1 aromatic heterocycles. The molecule has 142 valence electrons. The van der Waals surface area contributed by atoms with Crippen molar-refractivity contribution in [2.75, 3.05) is 6.54 Å². The van der Waals surface area contributed by atoms with Crippen molar-refractivity contribution >= 4 is 6.09 Å². The van der Waals surface area contributed by atoms with Gasteiger partial charge in [-0.3, -0.25) is 9.88 Å². The zero-order valence-electron chi connectivity index (χ0n) is 14.8. The lowest BCUT2D eigenvalue weighted by atomic mass is 9.80. The molecule has 0 radical (unpaired) electrons. The van der Waals surface area contributed by atoms with Crippen LogP contribution in [0.4, 0.5) is 18.0 Å². The molecule has 1 aromatic carbocycles. The van der Waals surface area contributed by atoms with Gasteiger partial charge in [0, 0.05) is 17.5 Å². The average molecular weight is 376 g/mol. The topological polar surface area (TPSA) is 42.4 Å². The van der Waals surface area contributed by atoms with E-state index in [2.05, 4.69) is 4.98 Å². The maximum Gasteiger partial charge on any atom is 0.410 e. The van der Waals surface area contributed by atoms with Crippen LogP contribution in [-0.2, 0) is 11.3 Å². The number of carbonyl (C=O) groups excluding carboxylic acids is 1. The molecule has 1 spiro atoms. The van der Waals surface area contributed by atoms with Crippen LogP contribution in [0.1, 0.15) is 42.5 Å². The minimum atomic E-state index is -2.89. The first-order valence-corrected chi connectivity index (χ1v) is 8.88. The van der Waals surface area contributed by atoms with Gasteiger partial charge in [-0.2, -0.15) is 0 Å². The highest BCUT2D eigenvalue weighted by molar-refractivity contribution is 5.71. The maximum absolute atomic E-state index is 13.6. The van der Waals surface area contributed by atoms with Gasteiger partial charge >= 0.3 is 6.09 Å². The molecule has 2 aromatic rings. The monoisotopic (exact) mass is 376 g/mol. The summed E-state index contributed by atoms with van der Waals surface area (Å²) >= 11 is 0. The molecule has 0 unspecified atom stereocenters. The molecular weight excluding hydrogens is 357 g/mol. The van der Waals surface area contributed by atoms with Gasteiger partial charge in [0.25, 0.3) is 6.43 Å². The third-order valence-electron chi connectivity index (χ3n) is 5.42. The smallest absolute Gasteiger partial charge is 0.410 e. The summed E-state index contributed by atoms with van der Waals surface area (Å²) in [5.74, 6) is -0.931. The highest BCUT2D eigenvalue weighted by Gasteiger charge is 2.49. The summed E-state index contributed by atoms with van der Waals surface area (Å²) in [7, 11) is 0. The quantitative estimate of drug-likeness (QED) is 0.753. The van der Waals surface area contributed by atoms with Crippen molar-refractivity contribution < 1.29 is 22.7 Å². The summed E-state index contributed by atoms with van der Waals surface area (Å²) in [6.45, 7) is 2.73. The first-order chi connectivity index (χ1) is 12.9. The van der Waals surface area contributed by atoms with Gasteiger partial charge < -0.3 is 4.74 Å². The Labute approximate surface area is 155 Å². The van der Waals surface area contributed by atoms with Crippen LogP contribution in [0.2, 0.25) is 0 Å². The SMILES string of the molecule is Cc1ncc(-c2ccc(F)c(C(F)F)c2)cc1CN1CC2(CCC2)OC1=O. The van der Waals surface area contributed by atoms with E-state index in [1.165, 1.54) is 6.07 Å². The number of benzene rings is 1. The number of aromatic nitrogens is 1. The molecule has 4 rings (SSSR count). The van der Waals surface area contributed by atoms with Crippen molar-refractivity contribution in [1.82, 2.24) is 9.88 Å². The van der Waals surface area contributed by atoms with Crippen LogP contribution in [-0.4, -0.2) is 28.1 Å². The van der Waals surface area contributed by atoms with Crippen molar-refractivity contribution in [3.05, 3.63) is 53.1 Å². The van der Waals surface area contributed by atoms with Crippen molar-refractivity contribution in [2.24, 2.45) is 0 Å². The van der Waals surface area contributed by atoms with E-state index in [1.54, 1.807) is 11.1 Å². The standard InChI is InChI=1S/C20H19F3N2O2/c1-12-15(10-25-11-20(5-2-6-20)27-19(25)26)7-14(9-24-12)13-3-4-17(21)16(8-13)18(22)23/h3-4,7-9,18H,2,5-6,10-11H2,1H3. The molecular formula is C20H19F3N2O2. The van der Waals surface area contributed by atoms with Crippen molar-refractivity contribution in [3.8, 4) is 11.1 Å². The maximum atomic E-state index is 13.6. The molecule has 2 heterocycles. The Morgan fingerprint density at radius 3 is 2.67 bits per heavy atom. The second-order valence-electron chi connectivity index (χ2n) is 7.27. The second-order valence-corrected chi connectivity index (χ2v) is 7.27. The lowest BCUT2D eigenvalue weighted by Crippen LogP contribution is -2.41. The number of hydrogen-bond donors (Lipinski definition) is 0. The zero-order valence-corrected chi connectivity index (χ0v) is 14.8. The van der Waals surface area contributed by atoms with E-state index < -0.39 is 17.8 Å². The number of nitrogens with zero attached hydrogens (tertiary/aromatic N) is 2. The van der Waals surface area contributed by atoms with Gasteiger partial charge in [-0.15, -0.1) is 0 Å². The highest BCUT2D eigenvalue weighted by Crippen LogP contribution is 2.41. The second kappa shape index (κ2) is 6.55. The number of rotatable bonds is 4. The van der Waals surface area contributed by atoms with Gasteiger partial charge in [0.05, 0.1) is 18.7 Å². The van der Waals surface area contributed by atoms with Crippen LogP contribution in [0.15, 0.2) is 30.5 Å². The summed E-state index contributed by atoms with van der Waals surface area (Å²) in [6.07, 6.45) is 1.18. The molecule has 1 amide bonds. The first-order valence-electron chi connectivity index (χ1n) is 8.88. The minimum absolute atomic E-state index is 0.332. The predicted molar refractivity (Wildman–Crippen MR) is 92.8 cm³/mol. The Morgan fingerprint density at radius 1 is 1.26 bits per heavy atom. The molecule has 0 atom stereocenters. The van der Waals surface area contributed by atoms with Crippen LogP contribution in [0.25, 0.3) is 11.1 Å². The molecule has 1 aliphatic carbocycles. The fraction of sp³-hybridized carbons (Fsp3) is 0.400. The zero-order chi connectivity index (χ0) is 19.2. The molecule has 2 fully saturated rings. The number of ether oxygens (including phenoxy) is 1. The molecule has 0 N–H and O–H groups in total. The lowest BCUT2D eigenvalue weighted by Gasteiger charge is -2.35. The Kier molecular flexibility index (Phi) is 4.32. The van der Waals surface area contributed by atoms with Gasteiger partial charge in [0.15, 0.2) is 0 Å². The van der Waals surface area contributed by atoms with Crippen molar-refractivity contribution in [3.63, 3.8) is 0 Å². The number of pyridine rings is 1. The molecule has 0 bridgehead atoms. The normalized spacial score (nSPS) is 18.1. The lowest BCUT2D eigenvalue weighted by molar-refractivity contribution is -0.00690. The molecule has 7 heteroatoms. The van der Waals surface area contributed by atoms with Crippen LogP contribution >= 0.6 is 0 Å². The number of aryl methyl sites for hydroxylation is 1. The molecule has 1 saturated carbocycles. The fourth-order valence-electron chi connectivity index (χ4n) is 3.64. The van der Waals surface area contributed by atoms with E-state index in [0.29, 0.717) is 24.2 Å².